The van der Waals surface area contributed by atoms with Crippen LogP contribution in [0.5, 0.6) is 0 Å². The summed E-state index contributed by atoms with van der Waals surface area (Å²) in [5.74, 6) is -0.166. The van der Waals surface area contributed by atoms with E-state index in [0.29, 0.717) is 0 Å². The Morgan fingerprint density at radius 1 is 0.938 bits per heavy atom. The molecule has 0 radical (unpaired) electrons. The third-order valence-corrected chi connectivity index (χ3v) is 3.63. The smallest absolute Gasteiger partial charge is 0.239 e. The van der Waals surface area contributed by atoms with Gasteiger partial charge in [0, 0.05) is 5.69 Å². The highest BCUT2D eigenvalue weighted by Gasteiger charge is 2.13. The van der Waals surface area contributed by atoms with Gasteiger partial charge in [0.25, 0.3) is 0 Å². The molecule has 1 aromatic carbocycles. The lowest BCUT2D eigenvalue weighted by Crippen LogP contribution is -2.16. The third kappa shape index (κ3) is 2.22. The highest BCUT2D eigenvalue weighted by atomic mass is 35.5. The number of hydrogen-bond donors (Lipinski definition) is 1. The predicted molar refractivity (Wildman–Crippen MR) is 69.5 cm³/mol. The molecule has 0 heterocycles. The van der Waals surface area contributed by atoms with Crippen LogP contribution in [0.15, 0.2) is 0 Å². The first-order valence-corrected chi connectivity index (χ1v) is 5.86. The molecule has 0 aromatic heterocycles. The van der Waals surface area contributed by atoms with Crippen molar-refractivity contribution >= 4 is 23.2 Å². The summed E-state index contributed by atoms with van der Waals surface area (Å²) in [4.78, 5) is 11.4. The Labute approximate surface area is 102 Å². The molecule has 0 spiro atoms. The number of hydrogen-bond acceptors (Lipinski definition) is 1. The Morgan fingerprint density at radius 2 is 1.31 bits per heavy atom. The fraction of sp³-hybridized carbons (Fsp3) is 0.462. The molecule has 1 N–H and O–H groups in total. The van der Waals surface area contributed by atoms with Gasteiger partial charge in [0.1, 0.15) is 5.88 Å². The van der Waals surface area contributed by atoms with E-state index in [-0.39, 0.29) is 11.8 Å². The summed E-state index contributed by atoms with van der Waals surface area (Å²) in [5, 5.41) is 2.87. The molecule has 1 aromatic rings. The van der Waals surface area contributed by atoms with Crippen LogP contribution in [0.1, 0.15) is 27.8 Å². The molecule has 88 valence electrons. The fourth-order valence-electron chi connectivity index (χ4n) is 1.86. The zero-order valence-electron chi connectivity index (χ0n) is 10.5. The van der Waals surface area contributed by atoms with Gasteiger partial charge in [-0.2, -0.15) is 0 Å². The highest BCUT2D eigenvalue weighted by molar-refractivity contribution is 6.29. The van der Waals surface area contributed by atoms with Gasteiger partial charge >= 0.3 is 0 Å². The maximum absolute atomic E-state index is 11.4. The summed E-state index contributed by atoms with van der Waals surface area (Å²) in [6.45, 7) is 10.3. The number of carbonyl (C=O) groups excluding carboxylic acids is 1. The molecule has 0 fully saturated rings. The minimum absolute atomic E-state index is 0.00908. The van der Waals surface area contributed by atoms with Crippen LogP contribution < -0.4 is 5.32 Å². The lowest BCUT2D eigenvalue weighted by atomic mass is 9.93. The molecule has 2 nitrogen and oxygen atoms in total. The minimum Gasteiger partial charge on any atom is -0.325 e. The molecule has 0 saturated heterocycles. The minimum atomic E-state index is -0.157. The van der Waals surface area contributed by atoms with Crippen molar-refractivity contribution in [1.29, 1.82) is 0 Å². The van der Waals surface area contributed by atoms with Gasteiger partial charge < -0.3 is 5.32 Å². The van der Waals surface area contributed by atoms with E-state index in [2.05, 4.69) is 26.1 Å². The Bertz CT molecular complexity index is 409. The van der Waals surface area contributed by atoms with Crippen LogP contribution >= 0.6 is 11.6 Å². The standard InChI is InChI=1S/C13H18ClNO/c1-7-8(2)10(4)13(11(5)9(7)3)15-12(16)6-14/h6H2,1-5H3,(H,15,16). The van der Waals surface area contributed by atoms with E-state index in [9.17, 15) is 4.79 Å². The summed E-state index contributed by atoms with van der Waals surface area (Å²) < 4.78 is 0. The molecule has 1 rings (SSSR count). The van der Waals surface area contributed by atoms with E-state index < -0.39 is 0 Å². The lowest BCUT2D eigenvalue weighted by Gasteiger charge is -2.18. The Kier molecular flexibility index (Phi) is 3.98. The number of alkyl halides is 1. The van der Waals surface area contributed by atoms with Crippen LogP contribution in [-0.4, -0.2) is 11.8 Å². The molecule has 0 aliphatic rings. The third-order valence-electron chi connectivity index (χ3n) is 3.39. The van der Waals surface area contributed by atoms with Gasteiger partial charge in [-0.05, 0) is 62.4 Å². The van der Waals surface area contributed by atoms with Gasteiger partial charge in [0.15, 0.2) is 0 Å². The van der Waals surface area contributed by atoms with Crippen molar-refractivity contribution in [2.75, 3.05) is 11.2 Å². The molecule has 0 unspecified atom stereocenters. The van der Waals surface area contributed by atoms with E-state index in [1.165, 1.54) is 16.7 Å². The Morgan fingerprint density at radius 3 is 1.69 bits per heavy atom. The summed E-state index contributed by atoms with van der Waals surface area (Å²) in [6.07, 6.45) is 0. The van der Waals surface area contributed by atoms with E-state index in [1.54, 1.807) is 0 Å². The number of amides is 1. The number of halogens is 1. The first kappa shape index (κ1) is 13.0. The van der Waals surface area contributed by atoms with Gasteiger partial charge in [-0.1, -0.05) is 0 Å². The maximum atomic E-state index is 11.4. The zero-order valence-corrected chi connectivity index (χ0v) is 11.2. The van der Waals surface area contributed by atoms with Crippen LogP contribution in [-0.2, 0) is 4.79 Å². The molecule has 0 bridgehead atoms. The monoisotopic (exact) mass is 239 g/mol. The second-order valence-corrected chi connectivity index (χ2v) is 4.45. The second-order valence-electron chi connectivity index (χ2n) is 4.18. The molecule has 0 aliphatic heterocycles. The lowest BCUT2D eigenvalue weighted by molar-refractivity contribution is -0.113. The average Bonchev–Trinajstić information content (AvgIpc) is 2.29. The molecule has 0 saturated carbocycles. The molecule has 3 heteroatoms. The van der Waals surface area contributed by atoms with Gasteiger partial charge in [-0.25, -0.2) is 0 Å². The van der Waals surface area contributed by atoms with E-state index in [0.717, 1.165) is 16.8 Å². The van der Waals surface area contributed by atoms with Crippen molar-refractivity contribution in [1.82, 2.24) is 0 Å². The average molecular weight is 240 g/mol. The molecule has 0 atom stereocenters. The fourth-order valence-corrected chi connectivity index (χ4v) is 1.93. The van der Waals surface area contributed by atoms with Gasteiger partial charge in [-0.15, -0.1) is 11.6 Å². The van der Waals surface area contributed by atoms with Crippen molar-refractivity contribution < 1.29 is 4.79 Å². The highest BCUT2D eigenvalue weighted by Crippen LogP contribution is 2.30. The zero-order chi connectivity index (χ0) is 12.5. The molecule has 0 aliphatic carbocycles. The van der Waals surface area contributed by atoms with Crippen molar-refractivity contribution in [3.63, 3.8) is 0 Å². The number of carbonyl (C=O) groups is 1. The number of anilines is 1. The maximum Gasteiger partial charge on any atom is 0.239 e. The first-order chi connectivity index (χ1) is 7.40. The summed E-state index contributed by atoms with van der Waals surface area (Å²) in [5.41, 5.74) is 6.91. The van der Waals surface area contributed by atoms with E-state index >= 15 is 0 Å². The van der Waals surface area contributed by atoms with E-state index in [1.807, 2.05) is 13.8 Å². The molecule has 1 amide bonds. The van der Waals surface area contributed by atoms with Gasteiger partial charge in [-0.3, -0.25) is 4.79 Å². The van der Waals surface area contributed by atoms with Crippen molar-refractivity contribution in [2.45, 2.75) is 34.6 Å². The molecule has 16 heavy (non-hydrogen) atoms. The van der Waals surface area contributed by atoms with Crippen LogP contribution in [0, 0.1) is 34.6 Å². The van der Waals surface area contributed by atoms with Crippen LogP contribution in [0.4, 0.5) is 5.69 Å². The Balaban J connectivity index is 3.34. The largest absolute Gasteiger partial charge is 0.325 e. The Hall–Kier alpha value is -1.02. The quantitative estimate of drug-likeness (QED) is 0.788. The summed E-state index contributed by atoms with van der Waals surface area (Å²) >= 11 is 5.51. The number of rotatable bonds is 2. The number of benzene rings is 1. The van der Waals surface area contributed by atoms with Crippen LogP contribution in [0.2, 0.25) is 0 Å². The van der Waals surface area contributed by atoms with Crippen molar-refractivity contribution in [2.24, 2.45) is 0 Å². The van der Waals surface area contributed by atoms with Gasteiger partial charge in [0.2, 0.25) is 5.91 Å². The van der Waals surface area contributed by atoms with Crippen LogP contribution in [0.3, 0.4) is 0 Å². The molecular weight excluding hydrogens is 222 g/mol. The topological polar surface area (TPSA) is 29.1 Å². The van der Waals surface area contributed by atoms with Crippen molar-refractivity contribution in [3.05, 3.63) is 27.8 Å². The van der Waals surface area contributed by atoms with Crippen molar-refractivity contribution in [3.8, 4) is 0 Å². The molecular formula is C13H18ClNO. The second kappa shape index (κ2) is 4.88. The van der Waals surface area contributed by atoms with Crippen LogP contribution in [0.25, 0.3) is 0 Å². The normalized spacial score (nSPS) is 10.4. The predicted octanol–water partition coefficient (Wildman–Crippen LogP) is 3.41. The number of nitrogens with one attached hydrogen (secondary N) is 1. The van der Waals surface area contributed by atoms with E-state index in [4.69, 9.17) is 11.6 Å². The summed E-state index contributed by atoms with van der Waals surface area (Å²) in [6, 6.07) is 0. The van der Waals surface area contributed by atoms with Gasteiger partial charge in [0.05, 0.1) is 0 Å². The summed E-state index contributed by atoms with van der Waals surface area (Å²) in [7, 11) is 0. The SMILES string of the molecule is Cc1c(C)c(C)c(NC(=O)CCl)c(C)c1C. The first-order valence-electron chi connectivity index (χ1n) is 5.32.